The molecule has 0 radical (unpaired) electrons. The van der Waals surface area contributed by atoms with Gasteiger partial charge in [0.2, 0.25) is 0 Å². The fourth-order valence-corrected chi connectivity index (χ4v) is 2.73. The Labute approximate surface area is 118 Å². The van der Waals surface area contributed by atoms with E-state index < -0.39 is 0 Å². The van der Waals surface area contributed by atoms with Crippen LogP contribution < -0.4 is 0 Å². The van der Waals surface area contributed by atoms with Crippen molar-refractivity contribution in [2.45, 2.75) is 25.2 Å². The second-order valence-electron chi connectivity index (χ2n) is 5.29. The van der Waals surface area contributed by atoms with Crippen LogP contribution in [0.4, 0.5) is 0 Å². The first-order valence-corrected chi connectivity index (χ1v) is 6.87. The molecule has 0 heterocycles. The van der Waals surface area contributed by atoms with E-state index in [-0.39, 0.29) is 11.2 Å². The van der Waals surface area contributed by atoms with Crippen LogP contribution in [-0.2, 0) is 5.41 Å². The van der Waals surface area contributed by atoms with Gasteiger partial charge < -0.3 is 0 Å². The second-order valence-corrected chi connectivity index (χ2v) is 5.72. The number of Topliss-reactive ketones (excluding diaryl/α,β-unsaturated/α-hetero) is 1. The van der Waals surface area contributed by atoms with Crippen LogP contribution in [-0.4, -0.2) is 5.78 Å². The molecule has 0 unspecified atom stereocenters. The number of carbonyl (C=O) groups excluding carboxylic acids is 1. The summed E-state index contributed by atoms with van der Waals surface area (Å²) < 4.78 is 0. The molecule has 19 heavy (non-hydrogen) atoms. The zero-order valence-corrected chi connectivity index (χ0v) is 11.6. The third kappa shape index (κ3) is 2.19. The molecule has 1 saturated carbocycles. The quantitative estimate of drug-likeness (QED) is 0.747. The van der Waals surface area contributed by atoms with Crippen molar-refractivity contribution in [3.63, 3.8) is 0 Å². The van der Waals surface area contributed by atoms with Crippen molar-refractivity contribution in [2.75, 3.05) is 0 Å². The lowest BCUT2D eigenvalue weighted by molar-refractivity contribution is 0.0946. The van der Waals surface area contributed by atoms with Crippen molar-refractivity contribution in [1.82, 2.24) is 0 Å². The summed E-state index contributed by atoms with van der Waals surface area (Å²) in [6, 6.07) is 15.5. The fourth-order valence-electron chi connectivity index (χ4n) is 2.60. The zero-order chi connectivity index (χ0) is 13.5. The van der Waals surface area contributed by atoms with Gasteiger partial charge in [-0.25, -0.2) is 0 Å². The number of ketones is 1. The fraction of sp³-hybridized carbons (Fsp3) is 0.235. The van der Waals surface area contributed by atoms with Gasteiger partial charge in [0.15, 0.2) is 5.78 Å². The van der Waals surface area contributed by atoms with Gasteiger partial charge in [0.25, 0.3) is 0 Å². The Morgan fingerprint density at radius 2 is 1.79 bits per heavy atom. The Kier molecular flexibility index (Phi) is 2.94. The van der Waals surface area contributed by atoms with Gasteiger partial charge in [-0.05, 0) is 43.5 Å². The molecule has 0 spiro atoms. The van der Waals surface area contributed by atoms with Crippen LogP contribution in [0.1, 0.15) is 34.3 Å². The summed E-state index contributed by atoms with van der Waals surface area (Å²) in [4.78, 5) is 12.7. The SMILES string of the molecule is Cc1cccc(C(=O)C2(c3ccc(Cl)cc3)CC2)c1. The van der Waals surface area contributed by atoms with Crippen molar-refractivity contribution < 1.29 is 4.79 Å². The molecule has 0 N–H and O–H groups in total. The Morgan fingerprint density at radius 1 is 1.11 bits per heavy atom. The topological polar surface area (TPSA) is 17.1 Å². The van der Waals surface area contributed by atoms with E-state index in [1.54, 1.807) is 0 Å². The van der Waals surface area contributed by atoms with Crippen LogP contribution in [0.25, 0.3) is 0 Å². The first kappa shape index (κ1) is 12.4. The molecule has 0 bridgehead atoms. The lowest BCUT2D eigenvalue weighted by atomic mass is 9.87. The van der Waals surface area contributed by atoms with E-state index in [2.05, 4.69) is 0 Å². The third-order valence-corrected chi connectivity index (χ3v) is 4.11. The van der Waals surface area contributed by atoms with Crippen LogP contribution in [0.2, 0.25) is 5.02 Å². The average molecular weight is 271 g/mol. The third-order valence-electron chi connectivity index (χ3n) is 3.86. The van der Waals surface area contributed by atoms with E-state index >= 15 is 0 Å². The average Bonchev–Trinajstić information content (AvgIpc) is 3.20. The molecule has 2 heteroatoms. The van der Waals surface area contributed by atoms with Crippen LogP contribution >= 0.6 is 11.6 Å². The summed E-state index contributed by atoms with van der Waals surface area (Å²) in [5.74, 6) is 0.235. The van der Waals surface area contributed by atoms with Crippen LogP contribution in [0.5, 0.6) is 0 Å². The van der Waals surface area contributed by atoms with E-state index in [4.69, 9.17) is 11.6 Å². The minimum atomic E-state index is -0.307. The normalized spacial score (nSPS) is 16.1. The van der Waals surface area contributed by atoms with Crippen LogP contribution in [0.3, 0.4) is 0 Å². The number of halogens is 1. The molecule has 1 aliphatic carbocycles. The van der Waals surface area contributed by atoms with E-state index in [0.29, 0.717) is 5.02 Å². The standard InChI is InChI=1S/C17H15ClO/c1-12-3-2-4-13(11-12)16(19)17(9-10-17)14-5-7-15(18)8-6-14/h2-8,11H,9-10H2,1H3. The molecule has 2 aromatic carbocycles. The van der Waals surface area contributed by atoms with Gasteiger partial charge in [-0.15, -0.1) is 0 Å². The molecule has 0 saturated heterocycles. The van der Waals surface area contributed by atoms with Crippen molar-refractivity contribution in [3.8, 4) is 0 Å². The van der Waals surface area contributed by atoms with E-state index in [1.165, 1.54) is 0 Å². The van der Waals surface area contributed by atoms with Gasteiger partial charge in [-0.3, -0.25) is 4.79 Å². The number of aryl methyl sites for hydroxylation is 1. The predicted octanol–water partition coefficient (Wildman–Crippen LogP) is 4.56. The summed E-state index contributed by atoms with van der Waals surface area (Å²) in [7, 11) is 0. The van der Waals surface area contributed by atoms with Crippen molar-refractivity contribution in [2.24, 2.45) is 0 Å². The Balaban J connectivity index is 1.97. The zero-order valence-electron chi connectivity index (χ0n) is 10.8. The highest BCUT2D eigenvalue weighted by atomic mass is 35.5. The molecule has 1 aliphatic rings. The van der Waals surface area contributed by atoms with Gasteiger partial charge in [0.05, 0.1) is 5.41 Å². The van der Waals surface area contributed by atoms with E-state index in [9.17, 15) is 4.79 Å². The second kappa shape index (κ2) is 4.50. The Hall–Kier alpha value is -1.60. The monoisotopic (exact) mass is 270 g/mol. The molecule has 1 nitrogen and oxygen atoms in total. The van der Waals surface area contributed by atoms with Gasteiger partial charge in [-0.2, -0.15) is 0 Å². The maximum Gasteiger partial charge on any atom is 0.173 e. The molecule has 1 fully saturated rings. The predicted molar refractivity (Wildman–Crippen MR) is 77.9 cm³/mol. The first-order valence-electron chi connectivity index (χ1n) is 6.49. The van der Waals surface area contributed by atoms with E-state index in [1.807, 2.05) is 55.5 Å². The van der Waals surface area contributed by atoms with Crippen LogP contribution in [0.15, 0.2) is 48.5 Å². The summed E-state index contributed by atoms with van der Waals surface area (Å²) in [5.41, 5.74) is 2.71. The number of carbonyl (C=O) groups is 1. The summed E-state index contributed by atoms with van der Waals surface area (Å²) >= 11 is 5.91. The molecule has 2 aromatic rings. The number of rotatable bonds is 3. The minimum absolute atomic E-state index is 0.235. The van der Waals surface area contributed by atoms with Crippen molar-refractivity contribution >= 4 is 17.4 Å². The molecule has 0 amide bonds. The Morgan fingerprint density at radius 3 is 2.37 bits per heavy atom. The van der Waals surface area contributed by atoms with Gasteiger partial charge in [-0.1, -0.05) is 47.5 Å². The first-order chi connectivity index (χ1) is 9.12. The highest BCUT2D eigenvalue weighted by Crippen LogP contribution is 2.50. The molecule has 0 atom stereocenters. The van der Waals surface area contributed by atoms with Gasteiger partial charge in [0.1, 0.15) is 0 Å². The minimum Gasteiger partial charge on any atom is -0.293 e. The Bertz CT molecular complexity index is 624. The molecule has 0 aromatic heterocycles. The largest absolute Gasteiger partial charge is 0.293 e. The maximum absolute atomic E-state index is 12.7. The van der Waals surface area contributed by atoms with E-state index in [0.717, 1.165) is 29.5 Å². The van der Waals surface area contributed by atoms with Crippen LogP contribution in [0, 0.1) is 6.92 Å². The number of benzene rings is 2. The smallest absolute Gasteiger partial charge is 0.173 e. The highest BCUT2D eigenvalue weighted by Gasteiger charge is 2.51. The lowest BCUT2D eigenvalue weighted by Crippen LogP contribution is -2.20. The number of hydrogen-bond acceptors (Lipinski definition) is 1. The number of hydrogen-bond donors (Lipinski definition) is 0. The lowest BCUT2D eigenvalue weighted by Gasteiger charge is -2.15. The molecule has 96 valence electrons. The highest BCUT2D eigenvalue weighted by molar-refractivity contribution is 6.30. The van der Waals surface area contributed by atoms with Crippen molar-refractivity contribution in [3.05, 3.63) is 70.2 Å². The molecule has 3 rings (SSSR count). The van der Waals surface area contributed by atoms with Gasteiger partial charge in [0, 0.05) is 10.6 Å². The molecular formula is C17H15ClO. The molecular weight excluding hydrogens is 256 g/mol. The van der Waals surface area contributed by atoms with Crippen molar-refractivity contribution in [1.29, 1.82) is 0 Å². The molecule has 0 aliphatic heterocycles. The summed E-state index contributed by atoms with van der Waals surface area (Å²) in [5, 5.41) is 0.711. The summed E-state index contributed by atoms with van der Waals surface area (Å²) in [6.45, 7) is 2.01. The van der Waals surface area contributed by atoms with Gasteiger partial charge >= 0.3 is 0 Å². The maximum atomic E-state index is 12.7. The summed E-state index contributed by atoms with van der Waals surface area (Å²) in [6.07, 6.45) is 1.86.